The van der Waals surface area contributed by atoms with Gasteiger partial charge in [0.2, 0.25) is 0 Å². The van der Waals surface area contributed by atoms with Crippen molar-refractivity contribution in [2.75, 3.05) is 18.1 Å². The molecule has 0 fully saturated rings. The second-order valence-electron chi connectivity index (χ2n) is 7.10. The molecule has 0 unspecified atom stereocenters. The van der Waals surface area contributed by atoms with Gasteiger partial charge in [0.15, 0.2) is 10.9 Å². The molecule has 3 rings (SSSR count). The predicted molar refractivity (Wildman–Crippen MR) is 121 cm³/mol. The molecule has 0 radical (unpaired) electrons. The summed E-state index contributed by atoms with van der Waals surface area (Å²) in [6.07, 6.45) is 0.174. The molecule has 0 saturated heterocycles. The van der Waals surface area contributed by atoms with Crippen LogP contribution in [0.5, 0.6) is 0 Å². The largest absolute Gasteiger partial charge is 0.396 e. The molecular weight excluding hydrogens is 434 g/mol. The fourth-order valence-corrected chi connectivity index (χ4v) is 4.01. The lowest BCUT2D eigenvalue weighted by molar-refractivity contribution is 0.102. The van der Waals surface area contributed by atoms with Crippen LogP contribution in [-0.4, -0.2) is 42.4 Å². The summed E-state index contributed by atoms with van der Waals surface area (Å²) in [5.74, 6) is -1.01. The molecule has 4 N–H and O–H groups in total. The first-order chi connectivity index (χ1) is 15.2. The van der Waals surface area contributed by atoms with Crippen molar-refractivity contribution in [2.45, 2.75) is 25.0 Å². The number of hydrogen-bond donors (Lipinski definition) is 3. The Bertz CT molecular complexity index is 1330. The molecule has 0 aliphatic heterocycles. The van der Waals surface area contributed by atoms with Gasteiger partial charge in [0.25, 0.3) is 11.1 Å². The van der Waals surface area contributed by atoms with Crippen LogP contribution in [0.4, 0.5) is 5.82 Å². The number of nitrogens with one attached hydrogen (secondary N) is 1. The number of carbonyl (C=O) groups excluding carboxylic acids is 1. The lowest BCUT2D eigenvalue weighted by Gasteiger charge is -2.14. The van der Waals surface area contributed by atoms with E-state index in [1.54, 1.807) is 19.1 Å². The van der Waals surface area contributed by atoms with E-state index in [-0.39, 0.29) is 41.9 Å². The van der Waals surface area contributed by atoms with E-state index >= 15 is 0 Å². The maximum absolute atomic E-state index is 12.9. The Balaban J connectivity index is 1.91. The Hall–Kier alpha value is -3.44. The third-order valence-corrected chi connectivity index (χ3v) is 5.82. The zero-order chi connectivity index (χ0) is 23.4. The number of aromatic amines is 1. The third-order valence-electron chi connectivity index (χ3n) is 4.95. The van der Waals surface area contributed by atoms with E-state index in [9.17, 15) is 19.2 Å². The van der Waals surface area contributed by atoms with E-state index in [0.29, 0.717) is 11.3 Å². The van der Waals surface area contributed by atoms with Crippen molar-refractivity contribution in [3.8, 4) is 0 Å². The van der Waals surface area contributed by atoms with Crippen molar-refractivity contribution in [1.82, 2.24) is 19.1 Å². The van der Waals surface area contributed by atoms with E-state index in [1.807, 2.05) is 18.2 Å². The van der Waals surface area contributed by atoms with Crippen LogP contribution < -0.4 is 22.5 Å². The number of aliphatic hydroxyl groups is 1. The van der Waals surface area contributed by atoms with Gasteiger partial charge in [-0.15, -0.1) is 0 Å². The number of anilines is 1. The van der Waals surface area contributed by atoms with Crippen molar-refractivity contribution in [2.24, 2.45) is 7.05 Å². The summed E-state index contributed by atoms with van der Waals surface area (Å²) in [7, 11) is 1.29. The average molecular weight is 458 g/mol. The van der Waals surface area contributed by atoms with Crippen molar-refractivity contribution < 1.29 is 9.90 Å². The zero-order valence-corrected chi connectivity index (χ0v) is 18.4. The van der Waals surface area contributed by atoms with Gasteiger partial charge in [0.1, 0.15) is 11.4 Å². The molecule has 0 spiro atoms. The number of rotatable bonds is 8. The minimum atomic E-state index is -0.779. The first kappa shape index (κ1) is 23.2. The van der Waals surface area contributed by atoms with Gasteiger partial charge >= 0.3 is 5.69 Å². The van der Waals surface area contributed by atoms with Crippen LogP contribution >= 0.6 is 11.8 Å². The summed E-state index contributed by atoms with van der Waals surface area (Å²) >= 11 is 0.946. The summed E-state index contributed by atoms with van der Waals surface area (Å²) in [5.41, 5.74) is 5.62. The van der Waals surface area contributed by atoms with Crippen LogP contribution in [0.1, 0.15) is 27.2 Å². The molecule has 32 heavy (non-hydrogen) atoms. The van der Waals surface area contributed by atoms with Crippen LogP contribution in [-0.2, 0) is 20.0 Å². The predicted octanol–water partition coefficient (Wildman–Crippen LogP) is 0.0790. The van der Waals surface area contributed by atoms with Gasteiger partial charge in [0, 0.05) is 31.3 Å². The number of nitrogen functional groups attached to an aromatic ring is 1. The average Bonchev–Trinajstić information content (AvgIpc) is 2.77. The monoisotopic (exact) mass is 457 g/mol. The van der Waals surface area contributed by atoms with Crippen molar-refractivity contribution >= 4 is 23.4 Å². The van der Waals surface area contributed by atoms with Crippen LogP contribution in [0.15, 0.2) is 49.9 Å². The van der Waals surface area contributed by atoms with Gasteiger partial charge < -0.3 is 15.8 Å². The number of aromatic nitrogens is 4. The number of ketones is 1. The number of carbonyl (C=O) groups is 1. The van der Waals surface area contributed by atoms with Crippen molar-refractivity contribution in [3.05, 3.63) is 83.9 Å². The molecule has 0 saturated carbocycles. The van der Waals surface area contributed by atoms with Gasteiger partial charge in [-0.25, -0.2) is 9.78 Å². The van der Waals surface area contributed by atoms with Gasteiger partial charge in [-0.2, -0.15) is 0 Å². The molecule has 1 aromatic carbocycles. The summed E-state index contributed by atoms with van der Waals surface area (Å²) in [6.45, 7) is 1.56. The minimum Gasteiger partial charge on any atom is -0.396 e. The highest BCUT2D eigenvalue weighted by molar-refractivity contribution is 7.99. The van der Waals surface area contributed by atoms with Crippen molar-refractivity contribution in [3.63, 3.8) is 0 Å². The molecule has 10 nitrogen and oxygen atoms in total. The number of H-pyrrole nitrogens is 1. The fourth-order valence-electron chi connectivity index (χ4n) is 3.23. The number of thioether (sulfide) groups is 1. The highest BCUT2D eigenvalue weighted by Crippen LogP contribution is 2.17. The molecule has 0 aliphatic rings. The molecule has 3 aromatic rings. The molecule has 11 heteroatoms. The SMILES string of the molecule is Cc1nc(SCC(=O)c2c(N)n(Cc3ccccc3)c(=O)n(C)c2=O)[nH]c(=O)c1CCO. The molecule has 0 amide bonds. The number of aliphatic hydroxyl groups excluding tert-OH is 1. The first-order valence-corrected chi connectivity index (χ1v) is 10.7. The summed E-state index contributed by atoms with van der Waals surface area (Å²) in [6, 6.07) is 9.06. The van der Waals surface area contributed by atoms with Gasteiger partial charge in [-0.1, -0.05) is 42.1 Å². The summed E-state index contributed by atoms with van der Waals surface area (Å²) in [5, 5.41) is 9.26. The molecule has 2 heterocycles. The Morgan fingerprint density at radius 1 is 1.22 bits per heavy atom. The van der Waals surface area contributed by atoms with Gasteiger partial charge in [0.05, 0.1) is 12.3 Å². The van der Waals surface area contributed by atoms with E-state index in [1.165, 1.54) is 11.6 Å². The van der Waals surface area contributed by atoms with E-state index in [0.717, 1.165) is 21.9 Å². The highest BCUT2D eigenvalue weighted by atomic mass is 32.2. The van der Waals surface area contributed by atoms with Gasteiger partial charge in [-0.05, 0) is 12.5 Å². The fraction of sp³-hybridized carbons (Fsp3) is 0.286. The van der Waals surface area contributed by atoms with Gasteiger partial charge in [-0.3, -0.25) is 23.5 Å². The minimum absolute atomic E-state index is 0.105. The van der Waals surface area contributed by atoms with Crippen LogP contribution in [0.2, 0.25) is 0 Å². The van der Waals surface area contributed by atoms with Crippen LogP contribution in [0.3, 0.4) is 0 Å². The van der Waals surface area contributed by atoms with E-state index < -0.39 is 22.6 Å². The molecule has 168 valence electrons. The number of hydrogen-bond acceptors (Lipinski definition) is 8. The molecule has 0 atom stereocenters. The highest BCUT2D eigenvalue weighted by Gasteiger charge is 2.22. The number of nitrogens with zero attached hydrogens (tertiary/aromatic N) is 3. The molecule has 2 aromatic heterocycles. The standard InChI is InChI=1S/C21H23N5O5S/c1-12-14(8-9-27)18(29)24-20(23-12)32-11-15(28)16-17(22)26(21(31)25(2)19(16)30)10-13-6-4-3-5-7-13/h3-7,27H,8-11,22H2,1-2H3,(H,23,24,29). The maximum atomic E-state index is 12.9. The summed E-state index contributed by atoms with van der Waals surface area (Å²) < 4.78 is 2.04. The first-order valence-electron chi connectivity index (χ1n) is 9.74. The Morgan fingerprint density at radius 3 is 2.53 bits per heavy atom. The Morgan fingerprint density at radius 2 is 1.91 bits per heavy atom. The maximum Gasteiger partial charge on any atom is 0.332 e. The van der Waals surface area contributed by atoms with E-state index in [4.69, 9.17) is 10.8 Å². The third kappa shape index (κ3) is 4.73. The second-order valence-corrected chi connectivity index (χ2v) is 8.06. The number of benzene rings is 1. The number of aryl methyl sites for hydroxylation is 1. The van der Waals surface area contributed by atoms with Crippen LogP contribution in [0.25, 0.3) is 0 Å². The topological polar surface area (TPSA) is 153 Å². The second kappa shape index (κ2) is 9.79. The Kier molecular flexibility index (Phi) is 7.11. The normalized spacial score (nSPS) is 11.0. The number of nitrogens with two attached hydrogens (primary N) is 1. The zero-order valence-electron chi connectivity index (χ0n) is 17.6. The lowest BCUT2D eigenvalue weighted by Crippen LogP contribution is -2.43. The van der Waals surface area contributed by atoms with Crippen LogP contribution in [0, 0.1) is 6.92 Å². The lowest BCUT2D eigenvalue weighted by atomic mass is 10.2. The van der Waals surface area contributed by atoms with E-state index in [2.05, 4.69) is 9.97 Å². The smallest absolute Gasteiger partial charge is 0.332 e. The molecular formula is C21H23N5O5S. The summed E-state index contributed by atoms with van der Waals surface area (Å²) in [4.78, 5) is 57.1. The number of Topliss-reactive ketones (excluding diaryl/α,β-unsaturated/α-hetero) is 1. The Labute approximate surface area is 186 Å². The quantitative estimate of drug-likeness (QED) is 0.244. The molecule has 0 aliphatic carbocycles. The molecule has 0 bridgehead atoms. The van der Waals surface area contributed by atoms with Crippen molar-refractivity contribution in [1.29, 1.82) is 0 Å².